The highest BCUT2D eigenvalue weighted by atomic mass is 35.5. The number of hydrogen-bond acceptors (Lipinski definition) is 2. The molecule has 0 N–H and O–H groups in total. The maximum absolute atomic E-state index is 6.20. The van der Waals surface area contributed by atoms with E-state index >= 15 is 0 Å². The lowest BCUT2D eigenvalue weighted by atomic mass is 9.99. The average Bonchev–Trinajstić information content (AvgIpc) is 2.62. The van der Waals surface area contributed by atoms with Gasteiger partial charge in [0.2, 0.25) is 0 Å². The highest BCUT2D eigenvalue weighted by molar-refractivity contribution is 6.31. The molecular formula is C20H13ClN2. The average molecular weight is 317 g/mol. The second-order valence-corrected chi connectivity index (χ2v) is 5.76. The number of rotatable bonds is 2. The Morgan fingerprint density at radius 1 is 0.783 bits per heavy atom. The smallest absolute Gasteiger partial charge is 0.0731 e. The summed E-state index contributed by atoms with van der Waals surface area (Å²) in [5.41, 5.74) is 5.10. The third-order valence-electron chi connectivity index (χ3n) is 3.81. The summed E-state index contributed by atoms with van der Waals surface area (Å²) in [5.74, 6) is 0. The van der Waals surface area contributed by atoms with Gasteiger partial charge in [-0.1, -0.05) is 41.9 Å². The van der Waals surface area contributed by atoms with Crippen LogP contribution >= 0.6 is 11.6 Å². The minimum atomic E-state index is 0.714. The van der Waals surface area contributed by atoms with Crippen LogP contribution in [0.2, 0.25) is 5.02 Å². The lowest BCUT2D eigenvalue weighted by Gasteiger charge is -2.10. The summed E-state index contributed by atoms with van der Waals surface area (Å²) in [6, 6.07) is 22.1. The van der Waals surface area contributed by atoms with Gasteiger partial charge < -0.3 is 0 Å². The van der Waals surface area contributed by atoms with E-state index in [1.54, 1.807) is 6.20 Å². The van der Waals surface area contributed by atoms with Gasteiger partial charge in [0.25, 0.3) is 0 Å². The van der Waals surface area contributed by atoms with Crippen LogP contribution in [-0.4, -0.2) is 9.97 Å². The number of benzene rings is 2. The van der Waals surface area contributed by atoms with Crippen molar-refractivity contribution in [2.75, 3.05) is 0 Å². The Balaban J connectivity index is 2.04. The van der Waals surface area contributed by atoms with E-state index in [2.05, 4.69) is 23.2 Å². The maximum atomic E-state index is 6.20. The van der Waals surface area contributed by atoms with Gasteiger partial charge in [-0.05, 0) is 47.5 Å². The minimum Gasteiger partial charge on any atom is -0.264 e. The van der Waals surface area contributed by atoms with Crippen LogP contribution in [0.5, 0.6) is 0 Å². The molecule has 0 saturated carbocycles. The zero-order valence-electron chi connectivity index (χ0n) is 12.3. The van der Waals surface area contributed by atoms with E-state index in [1.807, 2.05) is 54.7 Å². The first kappa shape index (κ1) is 13.9. The Morgan fingerprint density at radius 2 is 1.61 bits per heavy atom. The first-order valence-electron chi connectivity index (χ1n) is 7.37. The topological polar surface area (TPSA) is 25.8 Å². The monoisotopic (exact) mass is 316 g/mol. The van der Waals surface area contributed by atoms with Gasteiger partial charge >= 0.3 is 0 Å². The second-order valence-electron chi connectivity index (χ2n) is 5.32. The number of fused-ring (bicyclic) bond motifs is 1. The van der Waals surface area contributed by atoms with Crippen molar-refractivity contribution in [3.05, 3.63) is 84.1 Å². The van der Waals surface area contributed by atoms with Gasteiger partial charge in [0.15, 0.2) is 0 Å². The van der Waals surface area contributed by atoms with Crippen molar-refractivity contribution < 1.29 is 0 Å². The van der Waals surface area contributed by atoms with Crippen molar-refractivity contribution in [1.82, 2.24) is 9.97 Å². The molecule has 110 valence electrons. The second kappa shape index (κ2) is 5.82. The zero-order chi connectivity index (χ0) is 15.6. The number of halogens is 1. The fourth-order valence-electron chi connectivity index (χ4n) is 2.72. The Hall–Kier alpha value is -2.71. The van der Waals surface area contributed by atoms with Gasteiger partial charge in [-0.2, -0.15) is 0 Å². The normalized spacial score (nSPS) is 10.8. The van der Waals surface area contributed by atoms with Crippen LogP contribution in [0.1, 0.15) is 0 Å². The molecule has 0 spiro atoms. The third-order valence-corrected chi connectivity index (χ3v) is 4.05. The Morgan fingerprint density at radius 3 is 2.39 bits per heavy atom. The maximum Gasteiger partial charge on any atom is 0.0731 e. The molecule has 3 heteroatoms. The molecule has 2 aromatic heterocycles. The predicted molar refractivity (Wildman–Crippen MR) is 95.4 cm³/mol. The fraction of sp³-hybridized carbons (Fsp3) is 0. The lowest BCUT2D eigenvalue weighted by Crippen LogP contribution is -1.90. The van der Waals surface area contributed by atoms with Crippen LogP contribution in [-0.2, 0) is 0 Å². The standard InChI is InChI=1S/C20H13ClN2/c21-16-8-9-19-18(11-16)17(14-5-2-1-3-6-14)12-20(23-19)15-7-4-10-22-13-15/h1-13H. The zero-order valence-corrected chi connectivity index (χ0v) is 13.0. The first-order valence-corrected chi connectivity index (χ1v) is 7.75. The molecule has 2 heterocycles. The highest BCUT2D eigenvalue weighted by Crippen LogP contribution is 2.33. The van der Waals surface area contributed by atoms with Crippen molar-refractivity contribution in [3.63, 3.8) is 0 Å². The van der Waals surface area contributed by atoms with Crippen LogP contribution in [0.25, 0.3) is 33.3 Å². The van der Waals surface area contributed by atoms with Crippen LogP contribution in [0.15, 0.2) is 79.1 Å². The molecule has 0 aliphatic carbocycles. The van der Waals surface area contributed by atoms with E-state index in [0.717, 1.165) is 33.3 Å². The summed E-state index contributed by atoms with van der Waals surface area (Å²) in [6.45, 7) is 0. The van der Waals surface area contributed by atoms with Crippen molar-refractivity contribution in [1.29, 1.82) is 0 Å². The lowest BCUT2D eigenvalue weighted by molar-refractivity contribution is 1.30. The third kappa shape index (κ3) is 2.69. The van der Waals surface area contributed by atoms with E-state index in [-0.39, 0.29) is 0 Å². The summed E-state index contributed by atoms with van der Waals surface area (Å²) in [6.07, 6.45) is 3.60. The van der Waals surface area contributed by atoms with Gasteiger partial charge in [0.05, 0.1) is 11.2 Å². The summed E-state index contributed by atoms with van der Waals surface area (Å²) >= 11 is 6.20. The predicted octanol–water partition coefficient (Wildman–Crippen LogP) is 5.62. The van der Waals surface area contributed by atoms with Crippen LogP contribution in [0, 0.1) is 0 Å². The summed E-state index contributed by atoms with van der Waals surface area (Å²) < 4.78 is 0. The summed E-state index contributed by atoms with van der Waals surface area (Å²) in [5, 5.41) is 1.77. The van der Waals surface area contributed by atoms with E-state index in [4.69, 9.17) is 16.6 Å². The summed E-state index contributed by atoms with van der Waals surface area (Å²) in [7, 11) is 0. The van der Waals surface area contributed by atoms with Crippen molar-refractivity contribution in [2.24, 2.45) is 0 Å². The quantitative estimate of drug-likeness (QED) is 0.480. The molecule has 2 nitrogen and oxygen atoms in total. The molecule has 4 aromatic rings. The van der Waals surface area contributed by atoms with Crippen molar-refractivity contribution in [3.8, 4) is 22.4 Å². The van der Waals surface area contributed by atoms with Gasteiger partial charge in [0, 0.05) is 28.4 Å². The molecule has 0 radical (unpaired) electrons. The molecule has 0 aliphatic rings. The number of nitrogens with zero attached hydrogens (tertiary/aromatic N) is 2. The largest absolute Gasteiger partial charge is 0.264 e. The number of aromatic nitrogens is 2. The number of hydrogen-bond donors (Lipinski definition) is 0. The molecule has 0 aliphatic heterocycles. The van der Waals surface area contributed by atoms with Crippen LogP contribution < -0.4 is 0 Å². The van der Waals surface area contributed by atoms with Crippen LogP contribution in [0.4, 0.5) is 0 Å². The fourth-order valence-corrected chi connectivity index (χ4v) is 2.89. The number of pyridine rings is 2. The molecule has 0 unspecified atom stereocenters. The van der Waals surface area contributed by atoms with Gasteiger partial charge in [-0.3, -0.25) is 4.98 Å². The van der Waals surface area contributed by atoms with E-state index < -0.39 is 0 Å². The molecule has 4 rings (SSSR count). The Kier molecular flexibility index (Phi) is 3.52. The van der Waals surface area contributed by atoms with E-state index in [0.29, 0.717) is 5.02 Å². The molecule has 0 saturated heterocycles. The highest BCUT2D eigenvalue weighted by Gasteiger charge is 2.10. The van der Waals surface area contributed by atoms with Crippen molar-refractivity contribution >= 4 is 22.5 Å². The SMILES string of the molecule is Clc1ccc2nc(-c3cccnc3)cc(-c3ccccc3)c2c1. The molecule has 0 atom stereocenters. The molecule has 0 amide bonds. The van der Waals surface area contributed by atoms with Crippen molar-refractivity contribution in [2.45, 2.75) is 0 Å². The van der Waals surface area contributed by atoms with E-state index in [9.17, 15) is 0 Å². The van der Waals surface area contributed by atoms with Gasteiger partial charge in [-0.25, -0.2) is 4.98 Å². The Labute approximate surface area is 139 Å². The van der Waals surface area contributed by atoms with E-state index in [1.165, 1.54) is 0 Å². The Bertz CT molecular complexity index is 967. The van der Waals surface area contributed by atoms with Gasteiger partial charge in [0.1, 0.15) is 0 Å². The first-order chi connectivity index (χ1) is 11.3. The summed E-state index contributed by atoms with van der Waals surface area (Å²) in [4.78, 5) is 8.97. The van der Waals surface area contributed by atoms with Crippen LogP contribution in [0.3, 0.4) is 0 Å². The molecule has 0 bridgehead atoms. The molecule has 23 heavy (non-hydrogen) atoms. The molecular weight excluding hydrogens is 304 g/mol. The molecule has 0 fully saturated rings. The molecule has 2 aromatic carbocycles. The van der Waals surface area contributed by atoms with Gasteiger partial charge in [-0.15, -0.1) is 0 Å². The minimum absolute atomic E-state index is 0.714.